The van der Waals surface area contributed by atoms with E-state index in [1.165, 1.54) is 11.8 Å². The van der Waals surface area contributed by atoms with Crippen LogP contribution in [0.2, 0.25) is 0 Å². The van der Waals surface area contributed by atoms with Crippen LogP contribution in [0.15, 0.2) is 29.4 Å². The average Bonchev–Trinajstić information content (AvgIpc) is 2.32. The number of thioether (sulfide) groups is 2. The second-order valence-corrected chi connectivity index (χ2v) is 4.97. The summed E-state index contributed by atoms with van der Waals surface area (Å²) in [7, 11) is 0. The number of hydrazone groups is 1. The Morgan fingerprint density at radius 1 is 1.25 bits per heavy atom. The molecular weight excluding hydrogens is 244 g/mol. The Balaban J connectivity index is 2.47. The second kappa shape index (κ2) is 4.71. The summed E-state index contributed by atoms with van der Waals surface area (Å²) < 4.78 is 0.535. The van der Waals surface area contributed by atoms with Gasteiger partial charge in [0.1, 0.15) is 0 Å². The smallest absolute Gasteiger partial charge is 0.272 e. The molecule has 1 N–H and O–H groups in total. The largest absolute Gasteiger partial charge is 0.281 e. The van der Waals surface area contributed by atoms with E-state index in [-0.39, 0.29) is 11.0 Å². The van der Waals surface area contributed by atoms with Gasteiger partial charge in [0.05, 0.1) is 5.56 Å². The molecule has 0 aliphatic carbocycles. The van der Waals surface area contributed by atoms with Crippen LogP contribution >= 0.6 is 23.5 Å². The van der Waals surface area contributed by atoms with Gasteiger partial charge < -0.3 is 0 Å². The zero-order valence-corrected chi connectivity index (χ0v) is 10.0. The number of hydrogen-bond acceptors (Lipinski definition) is 5. The van der Waals surface area contributed by atoms with E-state index in [1.54, 1.807) is 30.5 Å². The Morgan fingerprint density at radius 2 is 1.94 bits per heavy atom. The van der Waals surface area contributed by atoms with Crippen molar-refractivity contribution in [3.05, 3.63) is 35.4 Å². The van der Waals surface area contributed by atoms with Gasteiger partial charge in [0.2, 0.25) is 5.12 Å². The lowest BCUT2D eigenvalue weighted by molar-refractivity contribution is 0.0947. The number of rotatable bonds is 0. The lowest BCUT2D eigenvalue weighted by Gasteiger charge is -2.11. The van der Waals surface area contributed by atoms with Crippen LogP contribution in [0.25, 0.3) is 0 Å². The lowest BCUT2D eigenvalue weighted by atomic mass is 10.1. The summed E-state index contributed by atoms with van der Waals surface area (Å²) in [5.74, 6) is -0.351. The van der Waals surface area contributed by atoms with E-state index in [9.17, 15) is 9.59 Å². The maximum absolute atomic E-state index is 11.9. The molecule has 1 aromatic carbocycles. The molecule has 0 fully saturated rings. The van der Waals surface area contributed by atoms with E-state index in [1.807, 2.05) is 0 Å². The maximum Gasteiger partial charge on any atom is 0.272 e. The molecule has 1 amide bonds. The number of nitrogens with zero attached hydrogens (tertiary/aromatic N) is 1. The Kier molecular flexibility index (Phi) is 3.31. The highest BCUT2D eigenvalue weighted by atomic mass is 32.2. The van der Waals surface area contributed by atoms with Crippen LogP contribution in [0.4, 0.5) is 0 Å². The number of hydrogen-bond donors (Lipinski definition) is 1. The van der Waals surface area contributed by atoms with Gasteiger partial charge in [-0.15, -0.1) is 11.8 Å². The van der Waals surface area contributed by atoms with E-state index in [0.29, 0.717) is 15.5 Å². The Morgan fingerprint density at radius 3 is 2.62 bits per heavy atom. The van der Waals surface area contributed by atoms with Crippen molar-refractivity contribution in [1.29, 1.82) is 0 Å². The molecule has 0 unspecified atom stereocenters. The number of nitrogens with one attached hydrogen (secondary N) is 1. The van der Waals surface area contributed by atoms with Crippen LogP contribution in [-0.2, 0) is 0 Å². The summed E-state index contributed by atoms with van der Waals surface area (Å²) in [6.07, 6.45) is 1.80. The summed E-state index contributed by atoms with van der Waals surface area (Å²) in [6, 6.07) is 6.72. The number of benzene rings is 1. The molecule has 1 aromatic rings. The van der Waals surface area contributed by atoms with Crippen molar-refractivity contribution in [2.24, 2.45) is 5.10 Å². The molecule has 16 heavy (non-hydrogen) atoms. The highest BCUT2D eigenvalue weighted by Gasteiger charge is 2.21. The van der Waals surface area contributed by atoms with Crippen molar-refractivity contribution < 1.29 is 9.59 Å². The topological polar surface area (TPSA) is 58.5 Å². The van der Waals surface area contributed by atoms with Gasteiger partial charge in [0.25, 0.3) is 5.91 Å². The molecule has 0 atom stereocenters. The van der Waals surface area contributed by atoms with Gasteiger partial charge in [0.15, 0.2) is 4.38 Å². The van der Waals surface area contributed by atoms with Gasteiger partial charge >= 0.3 is 0 Å². The first kappa shape index (κ1) is 11.2. The van der Waals surface area contributed by atoms with E-state index in [0.717, 1.165) is 11.8 Å². The first-order valence-electron chi connectivity index (χ1n) is 4.45. The van der Waals surface area contributed by atoms with E-state index >= 15 is 0 Å². The quantitative estimate of drug-likeness (QED) is 0.766. The molecule has 1 aliphatic heterocycles. The van der Waals surface area contributed by atoms with Gasteiger partial charge in [-0.3, -0.25) is 9.59 Å². The van der Waals surface area contributed by atoms with Crippen LogP contribution in [0.5, 0.6) is 0 Å². The highest BCUT2D eigenvalue weighted by Crippen LogP contribution is 2.23. The van der Waals surface area contributed by atoms with Crippen molar-refractivity contribution in [3.8, 4) is 0 Å². The molecule has 0 bridgehead atoms. The van der Waals surface area contributed by atoms with Gasteiger partial charge in [-0.05, 0) is 30.2 Å². The molecule has 1 aliphatic rings. The summed E-state index contributed by atoms with van der Waals surface area (Å²) >= 11 is 2.35. The minimum atomic E-state index is -0.351. The lowest BCUT2D eigenvalue weighted by Crippen LogP contribution is -2.23. The third kappa shape index (κ3) is 2.12. The minimum Gasteiger partial charge on any atom is -0.281 e. The van der Waals surface area contributed by atoms with Gasteiger partial charge in [-0.1, -0.05) is 12.1 Å². The van der Waals surface area contributed by atoms with Crippen LogP contribution < -0.4 is 5.43 Å². The molecule has 0 saturated carbocycles. The fourth-order valence-corrected chi connectivity index (χ4v) is 2.50. The predicted molar refractivity (Wildman–Crippen MR) is 66.8 cm³/mol. The third-order valence-corrected chi connectivity index (χ3v) is 3.86. The van der Waals surface area contributed by atoms with Gasteiger partial charge in [-0.25, -0.2) is 5.43 Å². The van der Waals surface area contributed by atoms with Crippen molar-refractivity contribution >= 4 is 38.9 Å². The molecule has 0 radical (unpaired) electrons. The maximum atomic E-state index is 11.9. The van der Waals surface area contributed by atoms with Crippen LogP contribution in [0.3, 0.4) is 0 Å². The zero-order valence-electron chi connectivity index (χ0n) is 8.39. The first-order chi connectivity index (χ1) is 7.72. The summed E-state index contributed by atoms with van der Waals surface area (Å²) in [5.41, 5.74) is 3.20. The predicted octanol–water partition coefficient (Wildman–Crippen LogP) is 1.94. The summed E-state index contributed by atoms with van der Waals surface area (Å²) in [6.45, 7) is 0. The zero-order chi connectivity index (χ0) is 11.5. The Bertz CT molecular complexity index is 485. The molecule has 1 heterocycles. The van der Waals surface area contributed by atoms with Crippen molar-refractivity contribution in [2.45, 2.75) is 0 Å². The molecule has 82 valence electrons. The molecule has 0 spiro atoms. The normalized spacial score (nSPS) is 18.9. The fraction of sp³-hybridized carbons (Fsp3) is 0.100. The minimum absolute atomic E-state index is 0.154. The number of fused-ring (bicyclic) bond motifs is 1. The summed E-state index contributed by atoms with van der Waals surface area (Å²) in [4.78, 5) is 23.5. The van der Waals surface area contributed by atoms with E-state index in [2.05, 4.69) is 10.5 Å². The number of amides is 1. The van der Waals surface area contributed by atoms with Crippen LogP contribution in [-0.4, -0.2) is 21.7 Å². The monoisotopic (exact) mass is 252 g/mol. The average molecular weight is 252 g/mol. The van der Waals surface area contributed by atoms with Crippen molar-refractivity contribution in [2.75, 3.05) is 6.26 Å². The Labute approximate surface area is 101 Å². The molecule has 2 rings (SSSR count). The van der Waals surface area contributed by atoms with Crippen molar-refractivity contribution in [3.63, 3.8) is 0 Å². The molecular formula is C10H8N2O2S2. The van der Waals surface area contributed by atoms with Crippen LogP contribution in [0, 0.1) is 0 Å². The SMILES string of the molecule is CS/C1=N/NC(=O)c2ccccc2C(=O)S1. The van der Waals surface area contributed by atoms with Crippen LogP contribution in [0.1, 0.15) is 20.7 Å². The Hall–Kier alpha value is -1.27. The highest BCUT2D eigenvalue weighted by molar-refractivity contribution is 8.44. The fourth-order valence-electron chi connectivity index (χ4n) is 1.26. The molecule has 4 nitrogen and oxygen atoms in total. The second-order valence-electron chi connectivity index (χ2n) is 2.96. The van der Waals surface area contributed by atoms with Gasteiger partial charge in [0, 0.05) is 5.56 Å². The first-order valence-corrected chi connectivity index (χ1v) is 6.49. The van der Waals surface area contributed by atoms with Gasteiger partial charge in [-0.2, -0.15) is 5.10 Å². The standard InChI is InChI=1S/C10H8N2O2S2/c1-15-10-12-11-8(13)6-4-2-3-5-7(6)9(14)16-10/h2-5H,1H3,(H,11,13)/b12-10-. The van der Waals surface area contributed by atoms with E-state index < -0.39 is 0 Å². The number of carbonyl (C=O) groups excluding carboxylic acids is 2. The van der Waals surface area contributed by atoms with Crippen molar-refractivity contribution in [1.82, 2.24) is 5.43 Å². The summed E-state index contributed by atoms with van der Waals surface area (Å²) in [5, 5.41) is 3.70. The molecule has 0 aromatic heterocycles. The third-order valence-electron chi connectivity index (χ3n) is 1.99. The van der Waals surface area contributed by atoms with E-state index in [4.69, 9.17) is 0 Å². The molecule has 6 heteroatoms. The number of carbonyl (C=O) groups is 2. The molecule has 0 saturated heterocycles.